The van der Waals surface area contributed by atoms with Crippen LogP contribution in [0.2, 0.25) is 0 Å². The average Bonchev–Trinajstić information content (AvgIpc) is 2.45. The number of carbonyl (C=O) groups is 1. The number of aromatic nitrogens is 2. The third kappa shape index (κ3) is 1.70. The van der Waals surface area contributed by atoms with Crippen LogP contribution in [0.5, 0.6) is 0 Å². The second-order valence-corrected chi connectivity index (χ2v) is 3.76. The van der Waals surface area contributed by atoms with E-state index >= 15 is 0 Å². The fourth-order valence-corrected chi connectivity index (χ4v) is 1.29. The molecule has 1 heterocycles. The number of aryl methyl sites for hydroxylation is 2. The van der Waals surface area contributed by atoms with E-state index in [2.05, 4.69) is 5.10 Å². The lowest BCUT2D eigenvalue weighted by molar-refractivity contribution is 0.0380. The van der Waals surface area contributed by atoms with Gasteiger partial charge in [-0.2, -0.15) is 5.10 Å². The summed E-state index contributed by atoms with van der Waals surface area (Å²) in [5.74, 6) is -0.266. The number of aliphatic hydroxyl groups is 1. The highest BCUT2D eigenvalue weighted by Gasteiger charge is 2.32. The summed E-state index contributed by atoms with van der Waals surface area (Å²) in [5, 5.41) is 13.8. The SMILES string of the molecule is CCC(C)(O)C(=O)c1c(C)cnn1C. The molecule has 0 spiro atoms. The van der Waals surface area contributed by atoms with Crippen LogP contribution in [0.15, 0.2) is 6.20 Å². The molecule has 0 aliphatic carbocycles. The fraction of sp³-hybridized carbons (Fsp3) is 0.600. The van der Waals surface area contributed by atoms with Crippen molar-refractivity contribution in [2.75, 3.05) is 0 Å². The molecule has 0 aliphatic heterocycles. The Morgan fingerprint density at radius 3 is 2.64 bits per heavy atom. The van der Waals surface area contributed by atoms with Crippen LogP contribution in [0.3, 0.4) is 0 Å². The van der Waals surface area contributed by atoms with Crippen molar-refractivity contribution in [3.05, 3.63) is 17.5 Å². The standard InChI is InChI=1S/C10H16N2O2/c1-5-10(3,14)9(13)8-7(2)6-11-12(8)4/h6,14H,5H2,1-4H3. The van der Waals surface area contributed by atoms with Crippen LogP contribution < -0.4 is 0 Å². The largest absolute Gasteiger partial charge is 0.382 e. The maximum atomic E-state index is 11.9. The van der Waals surface area contributed by atoms with E-state index in [0.29, 0.717) is 12.1 Å². The van der Waals surface area contributed by atoms with E-state index in [-0.39, 0.29) is 5.78 Å². The van der Waals surface area contributed by atoms with Gasteiger partial charge in [-0.1, -0.05) is 6.92 Å². The zero-order valence-corrected chi connectivity index (χ0v) is 9.03. The third-order valence-corrected chi connectivity index (χ3v) is 2.51. The van der Waals surface area contributed by atoms with Gasteiger partial charge < -0.3 is 5.11 Å². The molecule has 1 rings (SSSR count). The van der Waals surface area contributed by atoms with Gasteiger partial charge >= 0.3 is 0 Å². The molecule has 1 unspecified atom stereocenters. The van der Waals surface area contributed by atoms with Gasteiger partial charge in [-0.25, -0.2) is 0 Å². The van der Waals surface area contributed by atoms with E-state index in [1.165, 1.54) is 11.6 Å². The van der Waals surface area contributed by atoms with E-state index < -0.39 is 5.60 Å². The summed E-state index contributed by atoms with van der Waals surface area (Å²) < 4.78 is 1.50. The number of carbonyl (C=O) groups excluding carboxylic acids is 1. The topological polar surface area (TPSA) is 55.1 Å². The van der Waals surface area contributed by atoms with E-state index in [0.717, 1.165) is 5.56 Å². The maximum Gasteiger partial charge on any atom is 0.212 e. The van der Waals surface area contributed by atoms with Crippen LogP contribution >= 0.6 is 0 Å². The van der Waals surface area contributed by atoms with E-state index in [1.807, 2.05) is 6.92 Å². The van der Waals surface area contributed by atoms with Crippen molar-refractivity contribution in [1.29, 1.82) is 0 Å². The summed E-state index contributed by atoms with van der Waals surface area (Å²) >= 11 is 0. The Balaban J connectivity index is 3.13. The molecule has 0 aromatic carbocycles. The number of hydrogen-bond donors (Lipinski definition) is 1. The predicted molar refractivity (Wildman–Crippen MR) is 53.2 cm³/mol. The molecule has 0 amide bonds. The Bertz CT molecular complexity index is 334. The lowest BCUT2D eigenvalue weighted by atomic mass is 9.94. The quantitative estimate of drug-likeness (QED) is 0.736. The first-order chi connectivity index (χ1) is 6.40. The molecule has 0 radical (unpaired) electrons. The van der Waals surface area contributed by atoms with Gasteiger partial charge in [0.2, 0.25) is 5.78 Å². The normalized spacial score (nSPS) is 15.2. The Morgan fingerprint density at radius 1 is 1.71 bits per heavy atom. The van der Waals surface area contributed by atoms with Gasteiger partial charge in [0, 0.05) is 7.05 Å². The van der Waals surface area contributed by atoms with Crippen molar-refractivity contribution in [1.82, 2.24) is 9.78 Å². The molecular formula is C10H16N2O2. The average molecular weight is 196 g/mol. The molecule has 4 heteroatoms. The second kappa shape index (κ2) is 3.53. The minimum absolute atomic E-state index is 0.266. The highest BCUT2D eigenvalue weighted by molar-refractivity contribution is 6.01. The maximum absolute atomic E-state index is 11.9. The number of rotatable bonds is 3. The Morgan fingerprint density at radius 2 is 2.29 bits per heavy atom. The molecule has 14 heavy (non-hydrogen) atoms. The minimum Gasteiger partial charge on any atom is -0.382 e. The highest BCUT2D eigenvalue weighted by Crippen LogP contribution is 2.18. The van der Waals surface area contributed by atoms with Crippen molar-refractivity contribution in [3.8, 4) is 0 Å². The molecule has 1 aromatic heterocycles. The lowest BCUT2D eigenvalue weighted by Gasteiger charge is -2.19. The first-order valence-corrected chi connectivity index (χ1v) is 4.66. The highest BCUT2D eigenvalue weighted by atomic mass is 16.3. The van der Waals surface area contributed by atoms with Gasteiger partial charge in [0.15, 0.2) is 0 Å². The summed E-state index contributed by atoms with van der Waals surface area (Å²) in [4.78, 5) is 11.9. The number of ketones is 1. The predicted octanol–water partition coefficient (Wildman–Crippen LogP) is 1.07. The smallest absolute Gasteiger partial charge is 0.212 e. The van der Waals surface area contributed by atoms with E-state index in [4.69, 9.17) is 0 Å². The molecule has 1 atom stereocenters. The first kappa shape index (κ1) is 10.9. The molecule has 0 saturated heterocycles. The molecule has 1 N–H and O–H groups in total. The summed E-state index contributed by atoms with van der Waals surface area (Å²) in [7, 11) is 1.70. The molecule has 1 aromatic rings. The fourth-order valence-electron chi connectivity index (χ4n) is 1.29. The van der Waals surface area contributed by atoms with Gasteiger partial charge in [0.25, 0.3) is 0 Å². The van der Waals surface area contributed by atoms with Crippen LogP contribution in [0.4, 0.5) is 0 Å². The van der Waals surface area contributed by atoms with Crippen LogP contribution in [-0.4, -0.2) is 26.3 Å². The van der Waals surface area contributed by atoms with Gasteiger partial charge in [-0.05, 0) is 25.8 Å². The van der Waals surface area contributed by atoms with Crippen LogP contribution in [0, 0.1) is 6.92 Å². The van der Waals surface area contributed by atoms with E-state index in [9.17, 15) is 9.90 Å². The first-order valence-electron chi connectivity index (χ1n) is 4.66. The van der Waals surface area contributed by atoms with Gasteiger partial charge in [-0.3, -0.25) is 9.48 Å². The Labute approximate surface area is 83.5 Å². The molecule has 0 saturated carbocycles. The van der Waals surface area contributed by atoms with Crippen molar-refractivity contribution >= 4 is 5.78 Å². The lowest BCUT2D eigenvalue weighted by Crippen LogP contribution is -2.36. The molecule has 0 fully saturated rings. The van der Waals surface area contributed by atoms with Crippen LogP contribution in [-0.2, 0) is 7.05 Å². The molecular weight excluding hydrogens is 180 g/mol. The van der Waals surface area contributed by atoms with Crippen molar-refractivity contribution < 1.29 is 9.90 Å². The van der Waals surface area contributed by atoms with Gasteiger partial charge in [-0.15, -0.1) is 0 Å². The van der Waals surface area contributed by atoms with Gasteiger partial charge in [0.1, 0.15) is 11.3 Å². The Kier molecular flexibility index (Phi) is 2.76. The number of Topliss-reactive ketones (excluding diaryl/α,β-unsaturated/α-hetero) is 1. The van der Waals surface area contributed by atoms with Crippen molar-refractivity contribution in [3.63, 3.8) is 0 Å². The third-order valence-electron chi connectivity index (χ3n) is 2.51. The van der Waals surface area contributed by atoms with E-state index in [1.54, 1.807) is 20.2 Å². The second-order valence-electron chi connectivity index (χ2n) is 3.76. The van der Waals surface area contributed by atoms with Crippen molar-refractivity contribution in [2.45, 2.75) is 32.8 Å². The zero-order chi connectivity index (χ0) is 10.9. The Hall–Kier alpha value is -1.16. The summed E-state index contributed by atoms with van der Waals surface area (Å²) in [5.41, 5.74) is -0.0125. The number of hydrogen-bond acceptors (Lipinski definition) is 3. The molecule has 0 aliphatic rings. The van der Waals surface area contributed by atoms with Crippen LogP contribution in [0.1, 0.15) is 36.3 Å². The van der Waals surface area contributed by atoms with Crippen molar-refractivity contribution in [2.24, 2.45) is 7.05 Å². The number of nitrogens with zero attached hydrogens (tertiary/aromatic N) is 2. The summed E-state index contributed by atoms with van der Waals surface area (Å²) in [6, 6.07) is 0. The minimum atomic E-state index is -1.29. The molecule has 78 valence electrons. The van der Waals surface area contributed by atoms with Crippen LogP contribution in [0.25, 0.3) is 0 Å². The molecule has 4 nitrogen and oxygen atoms in total. The monoisotopic (exact) mass is 196 g/mol. The molecule has 0 bridgehead atoms. The van der Waals surface area contributed by atoms with Gasteiger partial charge in [0.05, 0.1) is 6.20 Å². The summed E-state index contributed by atoms with van der Waals surface area (Å²) in [6.07, 6.45) is 2.02. The summed E-state index contributed by atoms with van der Waals surface area (Å²) in [6.45, 7) is 5.12. The zero-order valence-electron chi connectivity index (χ0n) is 9.03.